The van der Waals surface area contributed by atoms with Gasteiger partial charge in [0.05, 0.1) is 17.3 Å². The summed E-state index contributed by atoms with van der Waals surface area (Å²) in [5.41, 5.74) is 3.48. The number of aromatic nitrogens is 1. The summed E-state index contributed by atoms with van der Waals surface area (Å²) in [4.78, 5) is 4.68. The highest BCUT2D eigenvalue weighted by molar-refractivity contribution is 7.99. The Balaban J connectivity index is 1.55. The highest BCUT2D eigenvalue weighted by Crippen LogP contribution is 2.26. The Bertz CT molecular complexity index is 1040. The quantitative estimate of drug-likeness (QED) is 0.396. The molecule has 0 fully saturated rings. The fourth-order valence-electron chi connectivity index (χ4n) is 2.57. The first kappa shape index (κ1) is 19.8. The summed E-state index contributed by atoms with van der Waals surface area (Å²) in [7, 11) is -3.24. The first-order valence-electron chi connectivity index (χ1n) is 8.85. The number of hydrogen-bond donors (Lipinski definition) is 0. The van der Waals surface area contributed by atoms with Crippen LogP contribution in [0.4, 0.5) is 0 Å². The third-order valence-electron chi connectivity index (χ3n) is 4.19. The van der Waals surface area contributed by atoms with Crippen LogP contribution in [0, 0.1) is 13.8 Å². The van der Waals surface area contributed by atoms with E-state index in [1.165, 1.54) is 17.3 Å². The van der Waals surface area contributed by atoms with Crippen LogP contribution in [-0.4, -0.2) is 31.5 Å². The van der Waals surface area contributed by atoms with E-state index in [1.807, 2.05) is 19.9 Å². The summed E-state index contributed by atoms with van der Waals surface area (Å²) >= 11 is 1.50. The molecule has 144 valence electrons. The maximum Gasteiger partial charge on any atom is 0.256 e. The third-order valence-corrected chi connectivity index (χ3v) is 6.84. The Kier molecular flexibility index (Phi) is 6.11. The van der Waals surface area contributed by atoms with Gasteiger partial charge in [-0.25, -0.2) is 13.4 Å². The maximum atomic E-state index is 12.0. The molecule has 5 nitrogen and oxygen atoms in total. The number of fused-ring (bicyclic) bond motifs is 1. The average Bonchev–Trinajstić information content (AvgIpc) is 3.06. The lowest BCUT2D eigenvalue weighted by Gasteiger charge is -2.09. The SMILES string of the molecule is CCS(=O)(=O)c1ccc2oc(SCCCOc3cc(C)ccc3C)nc2c1. The van der Waals surface area contributed by atoms with Gasteiger partial charge < -0.3 is 9.15 Å². The molecule has 2 aromatic carbocycles. The zero-order valence-corrected chi connectivity index (χ0v) is 17.3. The fourth-order valence-corrected chi connectivity index (χ4v) is 4.22. The molecule has 0 bridgehead atoms. The number of nitrogens with zero attached hydrogens (tertiary/aromatic N) is 1. The Morgan fingerprint density at radius 2 is 1.96 bits per heavy atom. The summed E-state index contributed by atoms with van der Waals surface area (Å²) in [5, 5.41) is 0.544. The van der Waals surface area contributed by atoms with Crippen molar-refractivity contribution in [3.8, 4) is 5.75 Å². The standard InChI is InChI=1S/C20H23NO4S2/c1-4-27(22,23)16-8-9-18-17(13-16)21-20(25-18)26-11-5-10-24-19-12-14(2)6-7-15(19)3/h6-9,12-13H,4-5,10-11H2,1-3H3. The summed E-state index contributed by atoms with van der Waals surface area (Å²) in [6, 6.07) is 11.0. The summed E-state index contributed by atoms with van der Waals surface area (Å²) in [6.45, 7) is 6.34. The van der Waals surface area contributed by atoms with Gasteiger partial charge in [-0.1, -0.05) is 30.8 Å². The monoisotopic (exact) mass is 405 g/mol. The van der Waals surface area contributed by atoms with Gasteiger partial charge in [0.25, 0.3) is 5.22 Å². The summed E-state index contributed by atoms with van der Waals surface area (Å²) < 4.78 is 35.5. The number of sulfone groups is 1. The molecule has 3 aromatic rings. The molecule has 0 atom stereocenters. The third kappa shape index (κ3) is 4.84. The van der Waals surface area contributed by atoms with E-state index in [-0.39, 0.29) is 10.6 Å². The van der Waals surface area contributed by atoms with Gasteiger partial charge in [-0.05, 0) is 55.7 Å². The molecule has 0 aliphatic carbocycles. The van der Waals surface area contributed by atoms with Crippen molar-refractivity contribution >= 4 is 32.7 Å². The fraction of sp³-hybridized carbons (Fsp3) is 0.350. The van der Waals surface area contributed by atoms with Crippen molar-refractivity contribution in [3.63, 3.8) is 0 Å². The molecule has 0 aliphatic heterocycles. The number of benzene rings is 2. The normalized spacial score (nSPS) is 11.8. The van der Waals surface area contributed by atoms with Crippen LogP contribution in [-0.2, 0) is 9.84 Å². The summed E-state index contributed by atoms with van der Waals surface area (Å²) in [5.74, 6) is 1.79. The second-order valence-electron chi connectivity index (χ2n) is 6.33. The van der Waals surface area contributed by atoms with Gasteiger partial charge in [0.1, 0.15) is 11.3 Å². The minimum Gasteiger partial charge on any atom is -0.493 e. The van der Waals surface area contributed by atoms with E-state index in [4.69, 9.17) is 9.15 Å². The van der Waals surface area contributed by atoms with Crippen LogP contribution >= 0.6 is 11.8 Å². The lowest BCUT2D eigenvalue weighted by molar-refractivity contribution is 0.316. The molecule has 27 heavy (non-hydrogen) atoms. The molecule has 0 aliphatic rings. The molecule has 7 heteroatoms. The Hall–Kier alpha value is -1.99. The Morgan fingerprint density at radius 1 is 1.15 bits per heavy atom. The highest BCUT2D eigenvalue weighted by atomic mass is 32.2. The summed E-state index contributed by atoms with van der Waals surface area (Å²) in [6.07, 6.45) is 0.853. The lowest BCUT2D eigenvalue weighted by atomic mass is 10.1. The molecule has 3 rings (SSSR count). The molecule has 1 heterocycles. The molecule has 0 amide bonds. The van der Waals surface area contributed by atoms with E-state index in [9.17, 15) is 8.42 Å². The van der Waals surface area contributed by atoms with E-state index >= 15 is 0 Å². The number of oxazole rings is 1. The number of rotatable bonds is 8. The van der Waals surface area contributed by atoms with E-state index in [0.717, 1.165) is 23.5 Å². The molecule has 0 unspecified atom stereocenters. The largest absolute Gasteiger partial charge is 0.493 e. The van der Waals surface area contributed by atoms with Crippen LogP contribution in [0.5, 0.6) is 5.75 Å². The first-order valence-corrected chi connectivity index (χ1v) is 11.5. The number of aryl methyl sites for hydroxylation is 2. The van der Waals surface area contributed by atoms with Crippen molar-refractivity contribution in [1.29, 1.82) is 0 Å². The second-order valence-corrected chi connectivity index (χ2v) is 9.66. The smallest absolute Gasteiger partial charge is 0.256 e. The minimum atomic E-state index is -3.24. The van der Waals surface area contributed by atoms with Crippen LogP contribution < -0.4 is 4.74 Å². The van der Waals surface area contributed by atoms with Gasteiger partial charge in [-0.3, -0.25) is 0 Å². The van der Waals surface area contributed by atoms with Crippen molar-refractivity contribution in [2.45, 2.75) is 37.3 Å². The topological polar surface area (TPSA) is 69.4 Å². The van der Waals surface area contributed by atoms with Crippen molar-refractivity contribution < 1.29 is 17.6 Å². The van der Waals surface area contributed by atoms with Gasteiger partial charge in [-0.15, -0.1) is 0 Å². The van der Waals surface area contributed by atoms with Gasteiger partial charge in [0.15, 0.2) is 15.4 Å². The van der Waals surface area contributed by atoms with Gasteiger partial charge in [0.2, 0.25) is 0 Å². The van der Waals surface area contributed by atoms with E-state index in [0.29, 0.717) is 22.9 Å². The van der Waals surface area contributed by atoms with E-state index in [1.54, 1.807) is 25.1 Å². The van der Waals surface area contributed by atoms with Gasteiger partial charge in [0, 0.05) is 5.75 Å². The number of thioether (sulfide) groups is 1. The molecule has 0 saturated carbocycles. The van der Waals surface area contributed by atoms with E-state index in [2.05, 4.69) is 17.1 Å². The molecular weight excluding hydrogens is 382 g/mol. The zero-order valence-electron chi connectivity index (χ0n) is 15.7. The van der Waals surface area contributed by atoms with Crippen molar-refractivity contribution in [2.24, 2.45) is 0 Å². The van der Waals surface area contributed by atoms with E-state index < -0.39 is 9.84 Å². The molecular formula is C20H23NO4S2. The van der Waals surface area contributed by atoms with Crippen LogP contribution in [0.1, 0.15) is 24.5 Å². The molecule has 0 saturated heterocycles. The van der Waals surface area contributed by atoms with Crippen LogP contribution in [0.2, 0.25) is 0 Å². The Morgan fingerprint density at radius 3 is 2.74 bits per heavy atom. The molecule has 1 aromatic heterocycles. The Labute approximate surface area is 164 Å². The number of hydrogen-bond acceptors (Lipinski definition) is 6. The predicted molar refractivity (Wildman–Crippen MR) is 108 cm³/mol. The second kappa shape index (κ2) is 8.35. The zero-order chi connectivity index (χ0) is 19.4. The predicted octanol–water partition coefficient (Wildman–Crippen LogP) is 4.80. The van der Waals surface area contributed by atoms with Gasteiger partial charge in [-0.2, -0.15) is 0 Å². The van der Waals surface area contributed by atoms with Crippen molar-refractivity contribution in [1.82, 2.24) is 4.98 Å². The molecule has 0 spiro atoms. The van der Waals surface area contributed by atoms with Crippen LogP contribution in [0.25, 0.3) is 11.1 Å². The number of ether oxygens (including phenoxy) is 1. The highest BCUT2D eigenvalue weighted by Gasteiger charge is 2.14. The maximum absolute atomic E-state index is 12.0. The van der Waals surface area contributed by atoms with Crippen molar-refractivity contribution in [3.05, 3.63) is 47.5 Å². The first-order chi connectivity index (χ1) is 12.9. The van der Waals surface area contributed by atoms with Crippen LogP contribution in [0.3, 0.4) is 0 Å². The lowest BCUT2D eigenvalue weighted by Crippen LogP contribution is -2.03. The van der Waals surface area contributed by atoms with Crippen LogP contribution in [0.15, 0.2) is 50.9 Å². The van der Waals surface area contributed by atoms with Gasteiger partial charge >= 0.3 is 0 Å². The minimum absolute atomic E-state index is 0.0678. The average molecular weight is 406 g/mol. The molecule has 0 N–H and O–H groups in total. The molecule has 0 radical (unpaired) electrons. The van der Waals surface area contributed by atoms with Crippen molar-refractivity contribution in [2.75, 3.05) is 18.1 Å².